The SMILES string of the molecule is CC1CC(N)CCN1CCOc1cccc(Br)c1. The van der Waals surface area contributed by atoms with E-state index < -0.39 is 0 Å². The molecular weight excluding hydrogens is 292 g/mol. The van der Waals surface area contributed by atoms with Crippen LogP contribution in [0, 0.1) is 0 Å². The molecule has 2 atom stereocenters. The Bertz CT molecular complexity index is 386. The Morgan fingerprint density at radius 1 is 1.50 bits per heavy atom. The quantitative estimate of drug-likeness (QED) is 0.929. The largest absolute Gasteiger partial charge is 0.492 e. The van der Waals surface area contributed by atoms with Gasteiger partial charge in [-0.3, -0.25) is 4.90 Å². The van der Waals surface area contributed by atoms with Crippen molar-refractivity contribution in [1.29, 1.82) is 0 Å². The first-order valence-electron chi connectivity index (χ1n) is 6.53. The molecule has 4 heteroatoms. The van der Waals surface area contributed by atoms with Crippen molar-refractivity contribution in [2.45, 2.75) is 31.8 Å². The summed E-state index contributed by atoms with van der Waals surface area (Å²) < 4.78 is 6.81. The predicted molar refractivity (Wildman–Crippen MR) is 77.9 cm³/mol. The fraction of sp³-hybridized carbons (Fsp3) is 0.571. The van der Waals surface area contributed by atoms with E-state index in [2.05, 4.69) is 27.8 Å². The molecule has 2 rings (SSSR count). The zero-order valence-electron chi connectivity index (χ0n) is 10.8. The lowest BCUT2D eigenvalue weighted by Gasteiger charge is -2.36. The molecule has 2 N–H and O–H groups in total. The van der Waals surface area contributed by atoms with Gasteiger partial charge in [0.15, 0.2) is 0 Å². The van der Waals surface area contributed by atoms with Crippen LogP contribution in [0.15, 0.2) is 28.7 Å². The summed E-state index contributed by atoms with van der Waals surface area (Å²) in [6.45, 7) is 5.04. The fourth-order valence-electron chi connectivity index (χ4n) is 2.43. The number of likely N-dealkylation sites (tertiary alicyclic amines) is 1. The van der Waals surface area contributed by atoms with Crippen LogP contribution in [0.1, 0.15) is 19.8 Å². The Morgan fingerprint density at radius 3 is 3.06 bits per heavy atom. The summed E-state index contributed by atoms with van der Waals surface area (Å²) in [5, 5.41) is 0. The van der Waals surface area contributed by atoms with Gasteiger partial charge in [0.2, 0.25) is 0 Å². The molecule has 0 radical (unpaired) electrons. The molecule has 1 aromatic rings. The molecule has 1 heterocycles. The zero-order chi connectivity index (χ0) is 13.0. The highest BCUT2D eigenvalue weighted by Crippen LogP contribution is 2.18. The van der Waals surface area contributed by atoms with Crippen LogP contribution >= 0.6 is 15.9 Å². The van der Waals surface area contributed by atoms with Crippen molar-refractivity contribution in [3.05, 3.63) is 28.7 Å². The Labute approximate surface area is 117 Å². The number of nitrogens with zero attached hydrogens (tertiary/aromatic N) is 1. The summed E-state index contributed by atoms with van der Waals surface area (Å²) in [7, 11) is 0. The smallest absolute Gasteiger partial charge is 0.120 e. The average Bonchev–Trinajstić information content (AvgIpc) is 2.32. The average molecular weight is 313 g/mol. The summed E-state index contributed by atoms with van der Waals surface area (Å²) >= 11 is 3.44. The van der Waals surface area contributed by atoms with Crippen molar-refractivity contribution in [2.24, 2.45) is 5.73 Å². The summed E-state index contributed by atoms with van der Waals surface area (Å²) in [4.78, 5) is 2.46. The fourth-order valence-corrected chi connectivity index (χ4v) is 2.81. The minimum Gasteiger partial charge on any atom is -0.492 e. The molecule has 0 amide bonds. The Balaban J connectivity index is 1.75. The number of piperidine rings is 1. The third-order valence-corrected chi connectivity index (χ3v) is 3.99. The topological polar surface area (TPSA) is 38.5 Å². The molecule has 3 nitrogen and oxygen atoms in total. The molecule has 0 aromatic heterocycles. The monoisotopic (exact) mass is 312 g/mol. The number of nitrogens with two attached hydrogens (primary N) is 1. The van der Waals surface area contributed by atoms with Gasteiger partial charge >= 0.3 is 0 Å². The number of rotatable bonds is 4. The van der Waals surface area contributed by atoms with Gasteiger partial charge < -0.3 is 10.5 Å². The van der Waals surface area contributed by atoms with Gasteiger partial charge in [-0.25, -0.2) is 0 Å². The second-order valence-corrected chi connectivity index (χ2v) is 5.89. The molecule has 1 aliphatic rings. The van der Waals surface area contributed by atoms with E-state index in [9.17, 15) is 0 Å². The lowest BCUT2D eigenvalue weighted by molar-refractivity contribution is 0.123. The number of hydrogen-bond donors (Lipinski definition) is 1. The maximum absolute atomic E-state index is 5.96. The summed E-state index contributed by atoms with van der Waals surface area (Å²) in [6, 6.07) is 8.92. The molecule has 1 fully saturated rings. The molecule has 1 aliphatic heterocycles. The van der Waals surface area contributed by atoms with E-state index >= 15 is 0 Å². The predicted octanol–water partition coefficient (Wildman–Crippen LogP) is 2.64. The second kappa shape index (κ2) is 6.55. The number of benzene rings is 1. The molecule has 0 bridgehead atoms. The number of ether oxygens (including phenoxy) is 1. The molecular formula is C14H21BrN2O. The molecule has 1 aromatic carbocycles. The van der Waals surface area contributed by atoms with E-state index in [4.69, 9.17) is 10.5 Å². The van der Waals surface area contributed by atoms with Crippen LogP contribution in [0.3, 0.4) is 0 Å². The first-order valence-corrected chi connectivity index (χ1v) is 7.32. The van der Waals surface area contributed by atoms with E-state index in [1.165, 1.54) is 0 Å². The van der Waals surface area contributed by atoms with E-state index in [0.29, 0.717) is 12.1 Å². The molecule has 18 heavy (non-hydrogen) atoms. The van der Waals surface area contributed by atoms with E-state index in [-0.39, 0.29) is 0 Å². The molecule has 0 aliphatic carbocycles. The number of halogens is 1. The maximum Gasteiger partial charge on any atom is 0.120 e. The zero-order valence-corrected chi connectivity index (χ0v) is 12.4. The first-order chi connectivity index (χ1) is 8.65. The second-order valence-electron chi connectivity index (χ2n) is 4.98. The van der Waals surface area contributed by atoms with Gasteiger partial charge in [-0.2, -0.15) is 0 Å². The van der Waals surface area contributed by atoms with Gasteiger partial charge in [-0.1, -0.05) is 22.0 Å². The van der Waals surface area contributed by atoms with Crippen molar-refractivity contribution in [2.75, 3.05) is 19.7 Å². The Kier molecular flexibility index (Phi) is 5.03. The van der Waals surface area contributed by atoms with Gasteiger partial charge in [0.25, 0.3) is 0 Å². The van der Waals surface area contributed by atoms with E-state index in [1.54, 1.807) is 0 Å². The van der Waals surface area contributed by atoms with Crippen molar-refractivity contribution in [1.82, 2.24) is 4.90 Å². The van der Waals surface area contributed by atoms with Crippen LogP contribution in [0.5, 0.6) is 5.75 Å². The molecule has 2 unspecified atom stereocenters. The minimum atomic E-state index is 0.377. The third kappa shape index (κ3) is 3.97. The summed E-state index contributed by atoms with van der Waals surface area (Å²) in [5.74, 6) is 0.922. The highest BCUT2D eigenvalue weighted by Gasteiger charge is 2.22. The van der Waals surface area contributed by atoms with Crippen LogP contribution in [-0.2, 0) is 0 Å². The van der Waals surface area contributed by atoms with Gasteiger partial charge in [0.05, 0.1) is 0 Å². The molecule has 0 spiro atoms. The standard InChI is InChI=1S/C14H21BrN2O/c1-11-9-13(16)5-6-17(11)7-8-18-14-4-2-3-12(15)10-14/h2-4,10-11,13H,5-9,16H2,1H3. The van der Waals surface area contributed by atoms with Gasteiger partial charge in [0, 0.05) is 29.6 Å². The van der Waals surface area contributed by atoms with E-state index in [1.807, 2.05) is 24.3 Å². The van der Waals surface area contributed by atoms with Gasteiger partial charge in [0.1, 0.15) is 12.4 Å². The van der Waals surface area contributed by atoms with E-state index in [0.717, 1.165) is 42.8 Å². The highest BCUT2D eigenvalue weighted by atomic mass is 79.9. The van der Waals surface area contributed by atoms with Crippen molar-refractivity contribution >= 4 is 15.9 Å². The van der Waals surface area contributed by atoms with Crippen molar-refractivity contribution < 1.29 is 4.74 Å². The lowest BCUT2D eigenvalue weighted by Crippen LogP contribution is -2.46. The molecule has 1 saturated heterocycles. The molecule has 0 saturated carbocycles. The summed E-state index contributed by atoms with van der Waals surface area (Å²) in [5.41, 5.74) is 5.96. The molecule has 100 valence electrons. The Hall–Kier alpha value is -0.580. The van der Waals surface area contributed by atoms with Crippen LogP contribution in [0.4, 0.5) is 0 Å². The van der Waals surface area contributed by atoms with Crippen LogP contribution in [0.2, 0.25) is 0 Å². The van der Waals surface area contributed by atoms with Crippen LogP contribution in [0.25, 0.3) is 0 Å². The first kappa shape index (κ1) is 13.8. The Morgan fingerprint density at radius 2 is 2.33 bits per heavy atom. The summed E-state index contributed by atoms with van der Waals surface area (Å²) in [6.07, 6.45) is 2.19. The minimum absolute atomic E-state index is 0.377. The van der Waals surface area contributed by atoms with Crippen LogP contribution < -0.4 is 10.5 Å². The normalized spacial score (nSPS) is 25.1. The van der Waals surface area contributed by atoms with Crippen molar-refractivity contribution in [3.8, 4) is 5.75 Å². The van der Waals surface area contributed by atoms with Gasteiger partial charge in [-0.05, 0) is 38.0 Å². The van der Waals surface area contributed by atoms with Gasteiger partial charge in [-0.15, -0.1) is 0 Å². The lowest BCUT2D eigenvalue weighted by atomic mass is 9.99. The number of hydrogen-bond acceptors (Lipinski definition) is 3. The van der Waals surface area contributed by atoms with Crippen molar-refractivity contribution in [3.63, 3.8) is 0 Å². The third-order valence-electron chi connectivity index (χ3n) is 3.50. The maximum atomic E-state index is 5.96. The van der Waals surface area contributed by atoms with Crippen LogP contribution in [-0.4, -0.2) is 36.7 Å². The highest BCUT2D eigenvalue weighted by molar-refractivity contribution is 9.10.